The number of hydrogen-bond donors (Lipinski definition) is 1. The summed E-state index contributed by atoms with van der Waals surface area (Å²) >= 11 is 1.68. The molecule has 0 atom stereocenters. The van der Waals surface area contributed by atoms with Gasteiger partial charge in [0.15, 0.2) is 0 Å². The van der Waals surface area contributed by atoms with E-state index in [1.165, 1.54) is 39.7 Å². The Balaban J connectivity index is 1.55. The molecule has 0 unspecified atom stereocenters. The first-order valence-electron chi connectivity index (χ1n) is 11.1. The zero-order chi connectivity index (χ0) is 25.5. The fraction of sp³-hybridized carbons (Fsp3) is 0.435. The van der Waals surface area contributed by atoms with Crippen molar-refractivity contribution in [1.29, 1.82) is 0 Å². The quantitative estimate of drug-likeness (QED) is 0.432. The molecule has 0 bridgehead atoms. The van der Waals surface area contributed by atoms with Crippen LogP contribution in [0.2, 0.25) is 0 Å². The van der Waals surface area contributed by atoms with Crippen LogP contribution in [0.5, 0.6) is 0 Å². The predicted molar refractivity (Wildman–Crippen MR) is 139 cm³/mol. The van der Waals surface area contributed by atoms with Crippen LogP contribution in [-0.2, 0) is 35.3 Å². The number of nitrogens with zero attached hydrogens (tertiary/aromatic N) is 2. The lowest BCUT2D eigenvalue weighted by Gasteiger charge is -2.26. The van der Waals surface area contributed by atoms with E-state index in [2.05, 4.69) is 29.6 Å². The van der Waals surface area contributed by atoms with E-state index in [9.17, 15) is 21.6 Å². The maximum absolute atomic E-state index is 12.8. The van der Waals surface area contributed by atoms with Crippen molar-refractivity contribution in [3.05, 3.63) is 59.7 Å². The van der Waals surface area contributed by atoms with Crippen LogP contribution >= 0.6 is 11.8 Å². The molecule has 0 aliphatic carbocycles. The fourth-order valence-corrected chi connectivity index (χ4v) is 6.53. The second kappa shape index (κ2) is 12.2. The lowest BCUT2D eigenvalue weighted by atomic mass is 10.2. The van der Waals surface area contributed by atoms with Gasteiger partial charge < -0.3 is 10.1 Å². The summed E-state index contributed by atoms with van der Waals surface area (Å²) in [7, 11) is -7.46. The highest BCUT2D eigenvalue weighted by Crippen LogP contribution is 2.23. The molecule has 2 aromatic carbocycles. The van der Waals surface area contributed by atoms with Crippen LogP contribution in [0.1, 0.15) is 11.1 Å². The summed E-state index contributed by atoms with van der Waals surface area (Å²) in [5.41, 5.74) is 2.63. The van der Waals surface area contributed by atoms with E-state index in [0.717, 1.165) is 16.3 Å². The molecule has 1 saturated heterocycles. The third-order valence-corrected chi connectivity index (χ3v) is 9.46. The molecule has 0 aromatic heterocycles. The van der Waals surface area contributed by atoms with Crippen LogP contribution in [0.4, 0.5) is 5.69 Å². The van der Waals surface area contributed by atoms with Crippen molar-refractivity contribution in [2.45, 2.75) is 17.6 Å². The van der Waals surface area contributed by atoms with Gasteiger partial charge in [-0.1, -0.05) is 29.8 Å². The average molecular weight is 542 g/mol. The number of benzene rings is 2. The van der Waals surface area contributed by atoms with Gasteiger partial charge in [-0.05, 0) is 36.8 Å². The van der Waals surface area contributed by atoms with Gasteiger partial charge in [-0.25, -0.2) is 16.8 Å². The van der Waals surface area contributed by atoms with Crippen molar-refractivity contribution >= 4 is 43.4 Å². The van der Waals surface area contributed by atoms with Gasteiger partial charge >= 0.3 is 0 Å². The molecule has 0 saturated carbocycles. The molecule has 1 N–H and O–H groups in total. The number of amides is 1. The molecular formula is C23H31N3O6S3. The maximum Gasteiger partial charge on any atom is 0.243 e. The van der Waals surface area contributed by atoms with Crippen molar-refractivity contribution in [3.63, 3.8) is 0 Å². The molecule has 192 valence electrons. The van der Waals surface area contributed by atoms with Crippen molar-refractivity contribution in [2.24, 2.45) is 0 Å². The number of nitrogens with one attached hydrogen (secondary N) is 1. The number of sulfonamides is 2. The van der Waals surface area contributed by atoms with Gasteiger partial charge in [0, 0.05) is 31.1 Å². The Morgan fingerprint density at radius 1 is 1.03 bits per heavy atom. The number of anilines is 1. The van der Waals surface area contributed by atoms with Crippen LogP contribution < -0.4 is 9.62 Å². The van der Waals surface area contributed by atoms with E-state index in [0.29, 0.717) is 25.5 Å². The molecule has 1 amide bonds. The molecule has 0 spiro atoms. The molecule has 2 aromatic rings. The Kier molecular flexibility index (Phi) is 9.59. The molecule has 35 heavy (non-hydrogen) atoms. The number of thioether (sulfide) groups is 1. The Bertz CT molecular complexity index is 1190. The van der Waals surface area contributed by atoms with Crippen LogP contribution in [0.25, 0.3) is 0 Å². The molecule has 0 radical (unpaired) electrons. The summed E-state index contributed by atoms with van der Waals surface area (Å²) in [5.74, 6) is 1.08. The van der Waals surface area contributed by atoms with E-state index in [1.54, 1.807) is 11.8 Å². The monoisotopic (exact) mass is 541 g/mol. The molecular weight excluding hydrogens is 510 g/mol. The molecule has 3 rings (SSSR count). The molecule has 1 heterocycles. The number of ether oxygens (including phenoxy) is 1. The third-order valence-electron chi connectivity index (χ3n) is 5.38. The topological polar surface area (TPSA) is 113 Å². The largest absolute Gasteiger partial charge is 0.379 e. The van der Waals surface area contributed by atoms with Crippen LogP contribution in [0, 0.1) is 6.92 Å². The Morgan fingerprint density at radius 2 is 1.66 bits per heavy atom. The second-order valence-corrected chi connectivity index (χ2v) is 13.1. The molecule has 12 heteroatoms. The highest BCUT2D eigenvalue weighted by Gasteiger charge is 2.27. The first-order chi connectivity index (χ1) is 16.6. The number of morpholine rings is 1. The van der Waals surface area contributed by atoms with Crippen molar-refractivity contribution < 1.29 is 26.4 Å². The second-order valence-electron chi connectivity index (χ2n) is 8.17. The van der Waals surface area contributed by atoms with Gasteiger partial charge in [-0.2, -0.15) is 16.1 Å². The number of rotatable bonds is 11. The van der Waals surface area contributed by atoms with Gasteiger partial charge in [-0.15, -0.1) is 0 Å². The van der Waals surface area contributed by atoms with E-state index in [4.69, 9.17) is 4.74 Å². The average Bonchev–Trinajstić information content (AvgIpc) is 2.83. The third kappa shape index (κ3) is 7.94. The standard InChI is InChI=1S/C23H31N3O6S3/c1-19-3-5-20(6-4-19)18-33-16-11-24-23(27)17-26(34(2,28)29)21-7-9-22(10-8-21)35(30,31)25-12-14-32-15-13-25/h3-10H,11-18H2,1-2H3,(H,24,27). The summed E-state index contributed by atoms with van der Waals surface area (Å²) in [6.45, 7) is 3.25. The predicted octanol–water partition coefficient (Wildman–Crippen LogP) is 1.83. The fourth-order valence-electron chi connectivity index (χ4n) is 3.44. The van der Waals surface area contributed by atoms with E-state index in [-0.39, 0.29) is 23.7 Å². The van der Waals surface area contributed by atoms with Crippen LogP contribution in [-0.4, -0.2) is 78.4 Å². The van der Waals surface area contributed by atoms with Gasteiger partial charge in [0.2, 0.25) is 26.0 Å². The zero-order valence-corrected chi connectivity index (χ0v) is 22.3. The van der Waals surface area contributed by atoms with Gasteiger partial charge in [0.05, 0.1) is 30.1 Å². The molecule has 9 nitrogen and oxygen atoms in total. The van der Waals surface area contributed by atoms with Crippen molar-refractivity contribution in [1.82, 2.24) is 9.62 Å². The lowest BCUT2D eigenvalue weighted by molar-refractivity contribution is -0.119. The number of carbonyl (C=O) groups excluding carboxylic acids is 1. The minimum absolute atomic E-state index is 0.0617. The van der Waals surface area contributed by atoms with Gasteiger partial charge in [-0.3, -0.25) is 9.10 Å². The molecule has 1 aliphatic rings. The highest BCUT2D eigenvalue weighted by molar-refractivity contribution is 7.98. The number of aryl methyl sites for hydroxylation is 1. The van der Waals surface area contributed by atoms with Crippen LogP contribution in [0.15, 0.2) is 53.4 Å². The minimum atomic E-state index is -3.77. The van der Waals surface area contributed by atoms with Gasteiger partial charge in [0.1, 0.15) is 6.54 Å². The minimum Gasteiger partial charge on any atom is -0.379 e. The summed E-state index contributed by atoms with van der Waals surface area (Å²) in [6, 6.07) is 13.8. The first-order valence-corrected chi connectivity index (χ1v) is 15.6. The Morgan fingerprint density at radius 3 is 2.26 bits per heavy atom. The zero-order valence-electron chi connectivity index (χ0n) is 19.8. The first kappa shape index (κ1) is 27.5. The molecule has 1 fully saturated rings. The van der Waals surface area contributed by atoms with E-state index < -0.39 is 32.5 Å². The Labute approximate surface area is 211 Å². The Hall–Kier alpha value is -2.12. The SMILES string of the molecule is Cc1ccc(CSCCNC(=O)CN(c2ccc(S(=O)(=O)N3CCOCC3)cc2)S(C)(=O)=O)cc1. The van der Waals surface area contributed by atoms with Gasteiger partial charge in [0.25, 0.3) is 0 Å². The molecule has 1 aliphatic heterocycles. The van der Waals surface area contributed by atoms with E-state index in [1.807, 2.05) is 6.92 Å². The number of hydrogen-bond acceptors (Lipinski definition) is 7. The van der Waals surface area contributed by atoms with Crippen molar-refractivity contribution in [2.75, 3.05) is 55.7 Å². The highest BCUT2D eigenvalue weighted by atomic mass is 32.2. The smallest absolute Gasteiger partial charge is 0.243 e. The summed E-state index contributed by atoms with van der Waals surface area (Å²) in [5, 5.41) is 2.75. The van der Waals surface area contributed by atoms with Crippen LogP contribution in [0.3, 0.4) is 0 Å². The summed E-state index contributed by atoms with van der Waals surface area (Å²) in [6.07, 6.45) is 1.01. The lowest BCUT2D eigenvalue weighted by Crippen LogP contribution is -2.41. The van der Waals surface area contributed by atoms with E-state index >= 15 is 0 Å². The maximum atomic E-state index is 12.8. The number of carbonyl (C=O) groups is 1. The van der Waals surface area contributed by atoms with Crippen molar-refractivity contribution in [3.8, 4) is 0 Å². The summed E-state index contributed by atoms with van der Waals surface area (Å²) in [4.78, 5) is 12.5. The summed E-state index contributed by atoms with van der Waals surface area (Å²) < 4.78 is 57.8. The normalized spacial score (nSPS) is 15.0.